The molecular formula is C16H22N2O2S. The van der Waals surface area contributed by atoms with E-state index in [0.717, 1.165) is 25.0 Å². The maximum Gasteiger partial charge on any atom is 0.222 e. The van der Waals surface area contributed by atoms with Gasteiger partial charge in [0.15, 0.2) is 0 Å². The van der Waals surface area contributed by atoms with Gasteiger partial charge in [-0.2, -0.15) is 0 Å². The number of carbonyl (C=O) groups is 1. The molecule has 1 fully saturated rings. The highest BCUT2D eigenvalue weighted by molar-refractivity contribution is 7.80. The molecule has 0 aromatic heterocycles. The Morgan fingerprint density at radius 1 is 1.29 bits per heavy atom. The lowest BCUT2D eigenvalue weighted by molar-refractivity contribution is -0.131. The largest absolute Gasteiger partial charge is 0.494 e. The number of nitrogens with two attached hydrogens (primary N) is 1. The standard InChI is InChI=1S/C16H22N2O2S/c17-15(21)10-11-18(13-8-9-13)16(19)7-4-12-20-14-5-2-1-3-6-14/h1-3,5-6,13H,4,7-12H2,(H2,17,21). The molecule has 0 spiro atoms. The lowest BCUT2D eigenvalue weighted by Crippen LogP contribution is -2.35. The number of nitrogens with zero attached hydrogens (tertiary/aromatic N) is 1. The number of ether oxygens (including phenoxy) is 1. The summed E-state index contributed by atoms with van der Waals surface area (Å²) in [5.74, 6) is 1.03. The van der Waals surface area contributed by atoms with Crippen LogP contribution in [0.25, 0.3) is 0 Å². The second kappa shape index (κ2) is 7.98. The third-order valence-electron chi connectivity index (χ3n) is 3.45. The van der Waals surface area contributed by atoms with Gasteiger partial charge in [-0.1, -0.05) is 30.4 Å². The van der Waals surface area contributed by atoms with Crippen molar-refractivity contribution in [2.75, 3.05) is 13.2 Å². The summed E-state index contributed by atoms with van der Waals surface area (Å²) < 4.78 is 5.60. The predicted molar refractivity (Wildman–Crippen MR) is 87.3 cm³/mol. The molecule has 1 aromatic carbocycles. The zero-order valence-corrected chi connectivity index (χ0v) is 13.0. The zero-order chi connectivity index (χ0) is 15.1. The van der Waals surface area contributed by atoms with Crippen molar-refractivity contribution >= 4 is 23.1 Å². The minimum Gasteiger partial charge on any atom is -0.494 e. The number of hydrogen-bond donors (Lipinski definition) is 1. The highest BCUT2D eigenvalue weighted by atomic mass is 32.1. The zero-order valence-electron chi connectivity index (χ0n) is 12.2. The molecule has 4 nitrogen and oxygen atoms in total. The Kier molecular flexibility index (Phi) is 5.99. The summed E-state index contributed by atoms with van der Waals surface area (Å²) >= 11 is 4.89. The molecule has 1 amide bonds. The van der Waals surface area contributed by atoms with Crippen LogP contribution in [-0.2, 0) is 4.79 Å². The van der Waals surface area contributed by atoms with Gasteiger partial charge in [-0.05, 0) is 31.4 Å². The minimum atomic E-state index is 0.186. The SMILES string of the molecule is NC(=S)CCN(C(=O)CCCOc1ccccc1)C1CC1. The second-order valence-electron chi connectivity index (χ2n) is 5.30. The van der Waals surface area contributed by atoms with Gasteiger partial charge < -0.3 is 15.4 Å². The van der Waals surface area contributed by atoms with Crippen molar-refractivity contribution in [3.05, 3.63) is 30.3 Å². The molecule has 0 aliphatic heterocycles. The Morgan fingerprint density at radius 3 is 2.62 bits per heavy atom. The van der Waals surface area contributed by atoms with E-state index in [0.29, 0.717) is 37.0 Å². The lowest BCUT2D eigenvalue weighted by Gasteiger charge is -2.22. The van der Waals surface area contributed by atoms with Crippen LogP contribution < -0.4 is 10.5 Å². The van der Waals surface area contributed by atoms with Gasteiger partial charge >= 0.3 is 0 Å². The van der Waals surface area contributed by atoms with Gasteiger partial charge in [-0.15, -0.1) is 0 Å². The van der Waals surface area contributed by atoms with Crippen LogP contribution in [0, 0.1) is 0 Å². The third kappa shape index (κ3) is 5.71. The Labute approximate surface area is 131 Å². The van der Waals surface area contributed by atoms with Crippen LogP contribution >= 0.6 is 12.2 Å². The summed E-state index contributed by atoms with van der Waals surface area (Å²) in [6, 6.07) is 10.1. The van der Waals surface area contributed by atoms with Gasteiger partial charge in [0.25, 0.3) is 0 Å². The molecule has 1 aromatic rings. The van der Waals surface area contributed by atoms with E-state index >= 15 is 0 Å². The fourth-order valence-electron chi connectivity index (χ4n) is 2.20. The Balaban J connectivity index is 1.68. The number of para-hydroxylation sites is 1. The van der Waals surface area contributed by atoms with Crippen molar-refractivity contribution in [1.29, 1.82) is 0 Å². The molecule has 0 heterocycles. The first-order valence-electron chi connectivity index (χ1n) is 7.42. The molecule has 0 unspecified atom stereocenters. The summed E-state index contributed by atoms with van der Waals surface area (Å²) in [4.78, 5) is 14.6. The summed E-state index contributed by atoms with van der Waals surface area (Å²) in [6.07, 6.45) is 4.05. The van der Waals surface area contributed by atoms with E-state index in [4.69, 9.17) is 22.7 Å². The summed E-state index contributed by atoms with van der Waals surface area (Å²) in [5, 5.41) is 0. The van der Waals surface area contributed by atoms with Gasteiger partial charge in [0.2, 0.25) is 5.91 Å². The van der Waals surface area contributed by atoms with Crippen LogP contribution in [0.3, 0.4) is 0 Å². The van der Waals surface area contributed by atoms with E-state index in [1.54, 1.807) is 0 Å². The van der Waals surface area contributed by atoms with Crippen LogP contribution in [0.15, 0.2) is 30.3 Å². The molecule has 0 bridgehead atoms. The van der Waals surface area contributed by atoms with E-state index in [9.17, 15) is 4.79 Å². The molecule has 0 atom stereocenters. The maximum absolute atomic E-state index is 12.2. The highest BCUT2D eigenvalue weighted by Crippen LogP contribution is 2.27. The van der Waals surface area contributed by atoms with E-state index in [1.807, 2.05) is 35.2 Å². The number of rotatable bonds is 9. The van der Waals surface area contributed by atoms with Crippen LogP contribution in [0.5, 0.6) is 5.75 Å². The molecule has 1 aliphatic carbocycles. The van der Waals surface area contributed by atoms with Crippen molar-refractivity contribution < 1.29 is 9.53 Å². The third-order valence-corrected chi connectivity index (χ3v) is 3.66. The predicted octanol–water partition coefficient (Wildman–Crippen LogP) is 2.51. The average molecular weight is 306 g/mol. The number of amides is 1. The van der Waals surface area contributed by atoms with Crippen molar-refractivity contribution in [1.82, 2.24) is 4.90 Å². The normalized spacial score (nSPS) is 13.7. The first kappa shape index (κ1) is 15.8. The average Bonchev–Trinajstić information content (AvgIpc) is 3.29. The minimum absolute atomic E-state index is 0.186. The van der Waals surface area contributed by atoms with Crippen LogP contribution in [-0.4, -0.2) is 35.0 Å². The number of carbonyl (C=O) groups excluding carboxylic acids is 1. The van der Waals surface area contributed by atoms with E-state index < -0.39 is 0 Å². The molecule has 0 saturated heterocycles. The Hall–Kier alpha value is -1.62. The smallest absolute Gasteiger partial charge is 0.222 e. The molecule has 2 rings (SSSR count). The van der Waals surface area contributed by atoms with Crippen molar-refractivity contribution in [2.24, 2.45) is 5.73 Å². The molecule has 2 N–H and O–H groups in total. The Bertz CT molecular complexity index is 474. The van der Waals surface area contributed by atoms with Crippen LogP contribution in [0.1, 0.15) is 32.1 Å². The van der Waals surface area contributed by atoms with Gasteiger partial charge in [0, 0.05) is 25.4 Å². The molecule has 5 heteroatoms. The topological polar surface area (TPSA) is 55.6 Å². The molecule has 21 heavy (non-hydrogen) atoms. The summed E-state index contributed by atoms with van der Waals surface area (Å²) in [5.41, 5.74) is 5.52. The van der Waals surface area contributed by atoms with Crippen LogP contribution in [0.4, 0.5) is 0 Å². The van der Waals surface area contributed by atoms with Crippen molar-refractivity contribution in [3.8, 4) is 5.75 Å². The van der Waals surface area contributed by atoms with Crippen molar-refractivity contribution in [2.45, 2.75) is 38.1 Å². The highest BCUT2D eigenvalue weighted by Gasteiger charge is 2.31. The first-order chi connectivity index (χ1) is 10.2. The monoisotopic (exact) mass is 306 g/mol. The fourth-order valence-corrected chi connectivity index (χ4v) is 2.29. The molecule has 1 aliphatic rings. The number of benzene rings is 1. The summed E-state index contributed by atoms with van der Waals surface area (Å²) in [7, 11) is 0. The number of thiocarbonyl (C=S) groups is 1. The number of hydrogen-bond acceptors (Lipinski definition) is 3. The molecular weight excluding hydrogens is 284 g/mol. The molecule has 114 valence electrons. The lowest BCUT2D eigenvalue weighted by atomic mass is 10.2. The maximum atomic E-state index is 12.2. The van der Waals surface area contributed by atoms with E-state index in [1.165, 1.54) is 0 Å². The molecule has 1 saturated carbocycles. The van der Waals surface area contributed by atoms with Gasteiger partial charge in [0.05, 0.1) is 11.6 Å². The second-order valence-corrected chi connectivity index (χ2v) is 5.82. The van der Waals surface area contributed by atoms with E-state index in [-0.39, 0.29) is 5.91 Å². The Morgan fingerprint density at radius 2 is 2.00 bits per heavy atom. The van der Waals surface area contributed by atoms with Gasteiger partial charge in [-0.3, -0.25) is 4.79 Å². The van der Waals surface area contributed by atoms with Crippen LogP contribution in [0.2, 0.25) is 0 Å². The van der Waals surface area contributed by atoms with Crippen molar-refractivity contribution in [3.63, 3.8) is 0 Å². The quantitative estimate of drug-likeness (QED) is 0.562. The molecule has 0 radical (unpaired) electrons. The summed E-state index contributed by atoms with van der Waals surface area (Å²) in [6.45, 7) is 1.21. The van der Waals surface area contributed by atoms with Gasteiger partial charge in [-0.25, -0.2) is 0 Å². The fraction of sp³-hybridized carbons (Fsp3) is 0.500. The van der Waals surface area contributed by atoms with E-state index in [2.05, 4.69) is 0 Å². The van der Waals surface area contributed by atoms with Gasteiger partial charge in [0.1, 0.15) is 5.75 Å². The first-order valence-corrected chi connectivity index (χ1v) is 7.83.